The summed E-state index contributed by atoms with van der Waals surface area (Å²) < 4.78 is 0. The lowest BCUT2D eigenvalue weighted by atomic mass is 9.80. The summed E-state index contributed by atoms with van der Waals surface area (Å²) in [6, 6.07) is 41.3. The molecule has 1 aliphatic rings. The smallest absolute Gasteiger partial charge is 0.0159 e. The molecule has 196 valence electrons. The normalized spacial score (nSPS) is 13.9. The van der Waals surface area contributed by atoms with Crippen molar-refractivity contribution in [2.24, 2.45) is 0 Å². The van der Waals surface area contributed by atoms with Crippen molar-refractivity contribution in [2.75, 3.05) is 0 Å². The summed E-state index contributed by atoms with van der Waals surface area (Å²) >= 11 is 0. The third kappa shape index (κ3) is 3.66. The van der Waals surface area contributed by atoms with Gasteiger partial charge >= 0.3 is 0 Å². The Hall–Kier alpha value is -4.16. The van der Waals surface area contributed by atoms with Gasteiger partial charge in [0.1, 0.15) is 0 Å². The van der Waals surface area contributed by atoms with Crippen LogP contribution < -0.4 is 0 Å². The number of aryl methyl sites for hydroxylation is 1. The Kier molecular flexibility index (Phi) is 5.39. The quantitative estimate of drug-likeness (QED) is 0.201. The number of hydrogen-bond donors (Lipinski definition) is 0. The minimum Gasteiger partial charge on any atom is -0.0619 e. The van der Waals surface area contributed by atoms with Crippen LogP contribution in [-0.4, -0.2) is 0 Å². The maximum Gasteiger partial charge on any atom is 0.0159 e. The average molecular weight is 517 g/mol. The second kappa shape index (κ2) is 8.67. The first-order valence-electron chi connectivity index (χ1n) is 14.5. The summed E-state index contributed by atoms with van der Waals surface area (Å²) in [5.41, 5.74) is 13.5. The second-order valence-corrected chi connectivity index (χ2v) is 13.1. The van der Waals surface area contributed by atoms with Crippen LogP contribution in [-0.2, 0) is 10.8 Å². The van der Waals surface area contributed by atoms with Crippen LogP contribution in [0.15, 0.2) is 109 Å². The molecule has 0 bridgehead atoms. The molecule has 0 saturated heterocycles. The molecule has 0 aromatic heterocycles. The molecule has 0 atom stereocenters. The Morgan fingerprint density at radius 1 is 0.500 bits per heavy atom. The van der Waals surface area contributed by atoms with Gasteiger partial charge in [-0.3, -0.25) is 0 Å². The molecule has 40 heavy (non-hydrogen) atoms. The summed E-state index contributed by atoms with van der Waals surface area (Å²) in [7, 11) is 0. The van der Waals surface area contributed by atoms with Crippen LogP contribution >= 0.6 is 0 Å². The third-order valence-corrected chi connectivity index (χ3v) is 9.09. The Bertz CT molecular complexity index is 1940. The van der Waals surface area contributed by atoms with Gasteiger partial charge in [0, 0.05) is 5.41 Å². The summed E-state index contributed by atoms with van der Waals surface area (Å²) in [6.45, 7) is 13.8. The van der Waals surface area contributed by atoms with Crippen LogP contribution in [0.25, 0.3) is 54.9 Å². The van der Waals surface area contributed by atoms with E-state index in [1.807, 2.05) is 0 Å². The molecular formula is C40H36. The first kappa shape index (κ1) is 24.9. The van der Waals surface area contributed by atoms with E-state index in [4.69, 9.17) is 0 Å². The van der Waals surface area contributed by atoms with Gasteiger partial charge in [0.25, 0.3) is 0 Å². The molecule has 0 amide bonds. The molecule has 0 saturated carbocycles. The molecule has 0 spiro atoms. The van der Waals surface area contributed by atoms with Crippen molar-refractivity contribution in [3.05, 3.63) is 131 Å². The number of rotatable bonds is 2. The van der Waals surface area contributed by atoms with Gasteiger partial charge in [-0.2, -0.15) is 0 Å². The van der Waals surface area contributed by atoms with Gasteiger partial charge in [-0.15, -0.1) is 0 Å². The minimum atomic E-state index is -0.0296. The summed E-state index contributed by atoms with van der Waals surface area (Å²) in [6.07, 6.45) is 0. The zero-order valence-electron chi connectivity index (χ0n) is 24.4. The second-order valence-electron chi connectivity index (χ2n) is 13.1. The van der Waals surface area contributed by atoms with Crippen molar-refractivity contribution in [1.82, 2.24) is 0 Å². The number of hydrogen-bond acceptors (Lipinski definition) is 0. The first-order chi connectivity index (χ1) is 19.1. The van der Waals surface area contributed by atoms with Gasteiger partial charge in [-0.05, 0) is 90.0 Å². The van der Waals surface area contributed by atoms with Crippen molar-refractivity contribution in [1.29, 1.82) is 0 Å². The molecule has 0 heteroatoms. The lowest BCUT2D eigenvalue weighted by Crippen LogP contribution is -2.14. The van der Waals surface area contributed by atoms with E-state index in [0.717, 1.165) is 0 Å². The largest absolute Gasteiger partial charge is 0.0619 e. The maximum atomic E-state index is 2.47. The average Bonchev–Trinajstić information content (AvgIpc) is 3.17. The molecule has 0 fully saturated rings. The van der Waals surface area contributed by atoms with E-state index in [1.54, 1.807) is 0 Å². The molecule has 0 radical (unpaired) electrons. The van der Waals surface area contributed by atoms with E-state index in [9.17, 15) is 0 Å². The predicted molar refractivity (Wildman–Crippen MR) is 173 cm³/mol. The summed E-state index contributed by atoms with van der Waals surface area (Å²) in [4.78, 5) is 0. The molecule has 6 aromatic rings. The Labute approximate surface area is 238 Å². The highest BCUT2D eigenvalue weighted by molar-refractivity contribution is 6.21. The van der Waals surface area contributed by atoms with Crippen molar-refractivity contribution >= 4 is 21.5 Å². The molecular weight excluding hydrogens is 480 g/mol. The lowest BCUT2D eigenvalue weighted by molar-refractivity contribution is 0.590. The lowest BCUT2D eigenvalue weighted by Gasteiger charge is -2.23. The Morgan fingerprint density at radius 3 is 1.77 bits per heavy atom. The van der Waals surface area contributed by atoms with Gasteiger partial charge < -0.3 is 0 Å². The predicted octanol–water partition coefficient (Wildman–Crippen LogP) is 11.2. The topological polar surface area (TPSA) is 0 Å². The van der Waals surface area contributed by atoms with Gasteiger partial charge in [0.05, 0.1) is 0 Å². The van der Waals surface area contributed by atoms with Crippen molar-refractivity contribution in [3.63, 3.8) is 0 Å². The van der Waals surface area contributed by atoms with E-state index < -0.39 is 0 Å². The van der Waals surface area contributed by atoms with E-state index >= 15 is 0 Å². The van der Waals surface area contributed by atoms with Crippen LogP contribution in [0.1, 0.15) is 56.9 Å². The highest BCUT2D eigenvalue weighted by Crippen LogP contribution is 2.51. The molecule has 6 aromatic carbocycles. The zero-order chi connectivity index (χ0) is 27.8. The van der Waals surface area contributed by atoms with Crippen LogP contribution in [0, 0.1) is 6.92 Å². The fourth-order valence-corrected chi connectivity index (χ4v) is 6.91. The minimum absolute atomic E-state index is 0.0296. The molecule has 0 heterocycles. The standard InChI is InChI=1S/C40H36/c1-25-15-21-33-34(23-25)38(27-18-22-30-29-11-9-10-14-35(29)40(5,6)36(30)24-27)32-13-8-7-12-31(32)37(33)26-16-19-28(20-17-26)39(2,3)4/h7-24H,1-6H3. The van der Waals surface area contributed by atoms with Crippen molar-refractivity contribution in [3.8, 4) is 33.4 Å². The summed E-state index contributed by atoms with van der Waals surface area (Å²) in [5, 5.41) is 5.25. The SMILES string of the molecule is Cc1ccc2c(-c3ccc(C(C)(C)C)cc3)c3ccccc3c(-c3ccc4c(c3)C(C)(C)c3ccccc3-4)c2c1. The molecule has 0 N–H and O–H groups in total. The maximum absolute atomic E-state index is 2.47. The summed E-state index contributed by atoms with van der Waals surface area (Å²) in [5.74, 6) is 0. The third-order valence-electron chi connectivity index (χ3n) is 9.09. The van der Waals surface area contributed by atoms with E-state index in [2.05, 4.69) is 151 Å². The highest BCUT2D eigenvalue weighted by atomic mass is 14.4. The number of benzene rings is 6. The highest BCUT2D eigenvalue weighted by Gasteiger charge is 2.35. The van der Waals surface area contributed by atoms with Crippen molar-refractivity contribution < 1.29 is 0 Å². The fourth-order valence-electron chi connectivity index (χ4n) is 6.91. The van der Waals surface area contributed by atoms with Crippen LogP contribution in [0.3, 0.4) is 0 Å². The Balaban J connectivity index is 1.53. The molecule has 0 aliphatic heterocycles. The van der Waals surface area contributed by atoms with Gasteiger partial charge in [-0.1, -0.05) is 143 Å². The molecule has 1 aliphatic carbocycles. The van der Waals surface area contributed by atoms with Crippen molar-refractivity contribution in [2.45, 2.75) is 52.4 Å². The monoisotopic (exact) mass is 516 g/mol. The van der Waals surface area contributed by atoms with E-state index in [0.29, 0.717) is 0 Å². The van der Waals surface area contributed by atoms with Gasteiger partial charge in [-0.25, -0.2) is 0 Å². The fraction of sp³-hybridized carbons (Fsp3) is 0.200. The number of fused-ring (bicyclic) bond motifs is 5. The molecule has 7 rings (SSSR count). The molecule has 0 nitrogen and oxygen atoms in total. The van der Waals surface area contributed by atoms with Gasteiger partial charge in [0.2, 0.25) is 0 Å². The van der Waals surface area contributed by atoms with E-state index in [-0.39, 0.29) is 10.8 Å². The molecule has 0 unspecified atom stereocenters. The van der Waals surface area contributed by atoms with Gasteiger partial charge in [0.15, 0.2) is 0 Å². The van der Waals surface area contributed by atoms with E-state index in [1.165, 1.54) is 77.2 Å². The van der Waals surface area contributed by atoms with Crippen LogP contribution in [0.5, 0.6) is 0 Å². The Morgan fingerprint density at radius 2 is 1.07 bits per heavy atom. The van der Waals surface area contributed by atoms with Crippen LogP contribution in [0.4, 0.5) is 0 Å². The van der Waals surface area contributed by atoms with Crippen LogP contribution in [0.2, 0.25) is 0 Å². The first-order valence-corrected chi connectivity index (χ1v) is 14.5. The zero-order valence-corrected chi connectivity index (χ0v) is 24.4.